The second-order valence-corrected chi connectivity index (χ2v) is 5.83. The molecule has 0 saturated heterocycles. The Kier molecular flexibility index (Phi) is 3.52. The van der Waals surface area contributed by atoms with E-state index in [0.29, 0.717) is 5.92 Å². The zero-order valence-corrected chi connectivity index (χ0v) is 11.5. The lowest BCUT2D eigenvalue weighted by molar-refractivity contribution is 0.416. The number of rotatable bonds is 3. The second kappa shape index (κ2) is 5.30. The van der Waals surface area contributed by atoms with Crippen molar-refractivity contribution in [1.29, 1.82) is 0 Å². The van der Waals surface area contributed by atoms with Gasteiger partial charge in [-0.1, -0.05) is 31.9 Å². The van der Waals surface area contributed by atoms with Crippen LogP contribution in [0.2, 0.25) is 0 Å². The van der Waals surface area contributed by atoms with Crippen LogP contribution in [0.25, 0.3) is 10.9 Å². The van der Waals surface area contributed by atoms with Crippen LogP contribution in [0, 0.1) is 11.8 Å². The van der Waals surface area contributed by atoms with E-state index < -0.39 is 0 Å². The van der Waals surface area contributed by atoms with Crippen LogP contribution in [0.15, 0.2) is 36.5 Å². The number of aromatic nitrogens is 1. The summed E-state index contributed by atoms with van der Waals surface area (Å²) in [6, 6.07) is 10.7. The number of fused-ring (bicyclic) bond motifs is 1. The third kappa shape index (κ3) is 2.50. The molecule has 2 nitrogen and oxygen atoms in total. The summed E-state index contributed by atoms with van der Waals surface area (Å²) < 4.78 is 0. The molecule has 1 aliphatic carbocycles. The highest BCUT2D eigenvalue weighted by molar-refractivity contribution is 5.79. The Balaban J connectivity index is 1.83. The fraction of sp³-hybridized carbons (Fsp3) is 0.471. The summed E-state index contributed by atoms with van der Waals surface area (Å²) in [5.41, 5.74) is 8.81. The van der Waals surface area contributed by atoms with Crippen LogP contribution < -0.4 is 5.73 Å². The zero-order chi connectivity index (χ0) is 13.2. The molecule has 3 unspecified atom stereocenters. The summed E-state index contributed by atoms with van der Waals surface area (Å²) in [7, 11) is 0. The van der Waals surface area contributed by atoms with Crippen molar-refractivity contribution in [2.45, 2.75) is 38.6 Å². The Bertz CT molecular complexity index is 564. The van der Waals surface area contributed by atoms with E-state index in [1.807, 2.05) is 12.3 Å². The molecule has 1 aliphatic rings. The van der Waals surface area contributed by atoms with Gasteiger partial charge < -0.3 is 5.73 Å². The number of benzene rings is 1. The van der Waals surface area contributed by atoms with Crippen LogP contribution in [0.1, 0.15) is 44.2 Å². The molecule has 100 valence electrons. The predicted octanol–water partition coefficient (Wildman–Crippen LogP) is 4.06. The van der Waals surface area contributed by atoms with Gasteiger partial charge in [-0.25, -0.2) is 0 Å². The summed E-state index contributed by atoms with van der Waals surface area (Å²) in [5.74, 6) is 1.54. The van der Waals surface area contributed by atoms with Crippen LogP contribution in [0.3, 0.4) is 0 Å². The molecule has 19 heavy (non-hydrogen) atoms. The zero-order valence-electron chi connectivity index (χ0n) is 11.5. The topological polar surface area (TPSA) is 38.9 Å². The normalized spacial score (nSPS) is 24.7. The molecular formula is C17H22N2. The maximum absolute atomic E-state index is 6.49. The molecular weight excluding hydrogens is 232 g/mol. The summed E-state index contributed by atoms with van der Waals surface area (Å²) in [4.78, 5) is 4.36. The maximum atomic E-state index is 6.49. The minimum atomic E-state index is 0.182. The Hall–Kier alpha value is -1.41. The molecule has 1 aromatic heterocycles. The number of pyridine rings is 1. The third-order valence-corrected chi connectivity index (χ3v) is 4.68. The van der Waals surface area contributed by atoms with Gasteiger partial charge in [0.2, 0.25) is 0 Å². The van der Waals surface area contributed by atoms with Crippen LogP contribution in [-0.4, -0.2) is 4.98 Å². The van der Waals surface area contributed by atoms with Crippen molar-refractivity contribution in [1.82, 2.24) is 4.98 Å². The number of hydrogen-bond donors (Lipinski definition) is 1. The molecule has 1 aromatic carbocycles. The maximum Gasteiger partial charge on any atom is 0.0702 e. The third-order valence-electron chi connectivity index (χ3n) is 4.68. The molecule has 1 saturated carbocycles. The van der Waals surface area contributed by atoms with E-state index in [2.05, 4.69) is 36.2 Å². The average molecular weight is 254 g/mol. The first-order valence-electron chi connectivity index (χ1n) is 7.38. The molecule has 0 amide bonds. The number of nitrogens with zero attached hydrogens (tertiary/aromatic N) is 1. The molecule has 0 aliphatic heterocycles. The highest BCUT2D eigenvalue weighted by Gasteiger charge is 2.28. The van der Waals surface area contributed by atoms with Gasteiger partial charge in [-0.15, -0.1) is 0 Å². The van der Waals surface area contributed by atoms with Crippen molar-refractivity contribution in [3.63, 3.8) is 0 Å². The van der Waals surface area contributed by atoms with Gasteiger partial charge in [-0.3, -0.25) is 4.98 Å². The van der Waals surface area contributed by atoms with Crippen LogP contribution in [0.5, 0.6) is 0 Å². The highest BCUT2D eigenvalue weighted by atomic mass is 14.7. The van der Waals surface area contributed by atoms with E-state index in [1.54, 1.807) is 0 Å². The average Bonchev–Trinajstić information content (AvgIpc) is 2.95. The predicted molar refractivity (Wildman–Crippen MR) is 79.8 cm³/mol. The van der Waals surface area contributed by atoms with Crippen LogP contribution in [-0.2, 0) is 0 Å². The second-order valence-electron chi connectivity index (χ2n) is 5.83. The standard InChI is InChI=1S/C17H22N2/c1-2-12-5-6-14(10-12)17(18)15-7-8-16-13(11-15)4-3-9-19-16/h3-4,7-9,11-12,14,17H,2,5-6,10,18H2,1H3. The van der Waals surface area contributed by atoms with E-state index in [1.165, 1.54) is 36.6 Å². The van der Waals surface area contributed by atoms with Crippen molar-refractivity contribution in [3.05, 3.63) is 42.1 Å². The van der Waals surface area contributed by atoms with E-state index in [9.17, 15) is 0 Å². The minimum Gasteiger partial charge on any atom is -0.324 e. The van der Waals surface area contributed by atoms with Gasteiger partial charge in [-0.05, 0) is 48.4 Å². The van der Waals surface area contributed by atoms with Gasteiger partial charge in [0.15, 0.2) is 0 Å². The van der Waals surface area contributed by atoms with Gasteiger partial charge in [0.05, 0.1) is 5.52 Å². The van der Waals surface area contributed by atoms with Gasteiger partial charge in [0.1, 0.15) is 0 Å². The smallest absolute Gasteiger partial charge is 0.0702 e. The summed E-state index contributed by atoms with van der Waals surface area (Å²) in [6.45, 7) is 2.29. The fourth-order valence-corrected chi connectivity index (χ4v) is 3.38. The van der Waals surface area contributed by atoms with Gasteiger partial charge in [-0.2, -0.15) is 0 Å². The van der Waals surface area contributed by atoms with Gasteiger partial charge in [0, 0.05) is 17.6 Å². The van der Waals surface area contributed by atoms with E-state index in [-0.39, 0.29) is 6.04 Å². The van der Waals surface area contributed by atoms with E-state index in [4.69, 9.17) is 5.73 Å². The summed E-state index contributed by atoms with van der Waals surface area (Å²) >= 11 is 0. The lowest BCUT2D eigenvalue weighted by Gasteiger charge is -2.20. The molecule has 0 spiro atoms. The number of nitrogens with two attached hydrogens (primary N) is 1. The van der Waals surface area contributed by atoms with E-state index in [0.717, 1.165) is 11.4 Å². The monoisotopic (exact) mass is 254 g/mol. The first-order chi connectivity index (χ1) is 9.28. The Morgan fingerprint density at radius 2 is 2.21 bits per heavy atom. The fourth-order valence-electron chi connectivity index (χ4n) is 3.38. The Labute approximate surface area is 115 Å². The molecule has 2 aromatic rings. The van der Waals surface area contributed by atoms with Crippen molar-refractivity contribution in [3.8, 4) is 0 Å². The SMILES string of the molecule is CCC1CCC(C(N)c2ccc3ncccc3c2)C1. The molecule has 1 heterocycles. The molecule has 2 N–H and O–H groups in total. The van der Waals surface area contributed by atoms with Crippen molar-refractivity contribution in [2.24, 2.45) is 17.6 Å². The highest BCUT2D eigenvalue weighted by Crippen LogP contribution is 2.39. The molecule has 3 rings (SSSR count). The van der Waals surface area contributed by atoms with Crippen LogP contribution >= 0.6 is 0 Å². The van der Waals surface area contributed by atoms with Crippen molar-refractivity contribution >= 4 is 10.9 Å². The largest absolute Gasteiger partial charge is 0.324 e. The summed E-state index contributed by atoms with van der Waals surface area (Å²) in [5, 5.41) is 1.19. The molecule has 2 heteroatoms. The first-order valence-corrected chi connectivity index (χ1v) is 7.38. The lowest BCUT2D eigenvalue weighted by atomic mass is 9.90. The van der Waals surface area contributed by atoms with E-state index >= 15 is 0 Å². The minimum absolute atomic E-state index is 0.182. The lowest BCUT2D eigenvalue weighted by Crippen LogP contribution is -2.19. The van der Waals surface area contributed by atoms with Gasteiger partial charge >= 0.3 is 0 Å². The Morgan fingerprint density at radius 3 is 3.00 bits per heavy atom. The molecule has 1 fully saturated rings. The molecule has 0 radical (unpaired) electrons. The molecule has 0 bridgehead atoms. The van der Waals surface area contributed by atoms with Crippen molar-refractivity contribution in [2.75, 3.05) is 0 Å². The Morgan fingerprint density at radius 1 is 1.32 bits per heavy atom. The van der Waals surface area contributed by atoms with Gasteiger partial charge in [0.25, 0.3) is 0 Å². The quantitative estimate of drug-likeness (QED) is 0.897. The van der Waals surface area contributed by atoms with Crippen molar-refractivity contribution < 1.29 is 0 Å². The first kappa shape index (κ1) is 12.6. The summed E-state index contributed by atoms with van der Waals surface area (Å²) in [6.07, 6.45) is 7.06. The van der Waals surface area contributed by atoms with Crippen LogP contribution in [0.4, 0.5) is 0 Å². The number of hydrogen-bond acceptors (Lipinski definition) is 2. The molecule has 3 atom stereocenters.